The third-order valence-corrected chi connectivity index (χ3v) is 2.21. The van der Waals surface area contributed by atoms with Gasteiger partial charge in [-0.3, -0.25) is 10.00 Å². The Hall–Kier alpha value is -1.62. The average molecular weight is 223 g/mol. The van der Waals surface area contributed by atoms with Crippen LogP contribution in [0.15, 0.2) is 25.0 Å². The van der Waals surface area contributed by atoms with Gasteiger partial charge in [-0.1, -0.05) is 6.08 Å². The van der Waals surface area contributed by atoms with E-state index in [2.05, 4.69) is 17.0 Å². The molecular formula is C11H17N3O2. The van der Waals surface area contributed by atoms with Crippen molar-refractivity contribution < 1.29 is 9.53 Å². The summed E-state index contributed by atoms with van der Waals surface area (Å²) >= 11 is 0. The van der Waals surface area contributed by atoms with Crippen LogP contribution in [0, 0.1) is 0 Å². The van der Waals surface area contributed by atoms with Crippen LogP contribution in [0.4, 0.5) is 0 Å². The van der Waals surface area contributed by atoms with Crippen molar-refractivity contribution in [3.05, 3.63) is 30.6 Å². The van der Waals surface area contributed by atoms with Crippen molar-refractivity contribution in [3.63, 3.8) is 0 Å². The summed E-state index contributed by atoms with van der Waals surface area (Å²) < 4.78 is 6.50. The summed E-state index contributed by atoms with van der Waals surface area (Å²) in [6.07, 6.45) is 5.19. The van der Waals surface area contributed by atoms with E-state index >= 15 is 0 Å². The fraction of sp³-hybridized carbons (Fsp3) is 0.455. The monoisotopic (exact) mass is 223 g/mol. The van der Waals surface area contributed by atoms with Crippen LogP contribution in [0.3, 0.4) is 0 Å². The van der Waals surface area contributed by atoms with Crippen LogP contribution in [0.1, 0.15) is 18.5 Å². The molecule has 0 aromatic carbocycles. The number of esters is 1. The molecule has 0 saturated heterocycles. The van der Waals surface area contributed by atoms with Crippen molar-refractivity contribution in [2.75, 3.05) is 13.7 Å². The molecule has 16 heavy (non-hydrogen) atoms. The molecule has 0 aliphatic carbocycles. The number of hydrogen-bond acceptors (Lipinski definition) is 4. The third-order valence-electron chi connectivity index (χ3n) is 2.21. The van der Waals surface area contributed by atoms with Gasteiger partial charge >= 0.3 is 5.97 Å². The van der Waals surface area contributed by atoms with Crippen molar-refractivity contribution in [1.82, 2.24) is 15.1 Å². The first-order chi connectivity index (χ1) is 7.72. The topological polar surface area (TPSA) is 56.1 Å². The highest BCUT2D eigenvalue weighted by atomic mass is 16.5. The summed E-state index contributed by atoms with van der Waals surface area (Å²) in [6, 6.07) is -0.483. The van der Waals surface area contributed by atoms with Gasteiger partial charge in [0.2, 0.25) is 0 Å². The first-order valence-electron chi connectivity index (χ1n) is 5.17. The Kier molecular flexibility index (Phi) is 4.72. The zero-order valence-corrected chi connectivity index (χ0v) is 9.64. The molecule has 1 aromatic heterocycles. The van der Waals surface area contributed by atoms with Gasteiger partial charge in [0, 0.05) is 24.8 Å². The molecule has 0 saturated carbocycles. The molecule has 0 fully saturated rings. The van der Waals surface area contributed by atoms with Gasteiger partial charge in [-0.25, -0.2) is 4.79 Å². The smallest absolute Gasteiger partial charge is 0.327 e. The number of nitrogens with zero attached hydrogens (tertiary/aromatic N) is 2. The minimum absolute atomic E-state index is 0.322. The fourth-order valence-corrected chi connectivity index (χ4v) is 1.36. The van der Waals surface area contributed by atoms with Gasteiger partial charge in [0.25, 0.3) is 0 Å². The lowest BCUT2D eigenvalue weighted by Gasteiger charge is -2.13. The van der Waals surface area contributed by atoms with E-state index in [4.69, 9.17) is 4.74 Å². The molecule has 5 nitrogen and oxygen atoms in total. The van der Waals surface area contributed by atoms with Crippen molar-refractivity contribution >= 4 is 5.97 Å². The van der Waals surface area contributed by atoms with Gasteiger partial charge in [-0.05, 0) is 6.92 Å². The van der Waals surface area contributed by atoms with Gasteiger partial charge in [-0.2, -0.15) is 5.10 Å². The van der Waals surface area contributed by atoms with Gasteiger partial charge < -0.3 is 4.74 Å². The fourth-order valence-electron chi connectivity index (χ4n) is 1.36. The maximum absolute atomic E-state index is 11.6. The SMILES string of the molecule is C=CCNC(C(=O)OC)c1cnn(CC)c1. The van der Waals surface area contributed by atoms with Crippen molar-refractivity contribution in [1.29, 1.82) is 0 Å². The van der Waals surface area contributed by atoms with Crippen molar-refractivity contribution in [2.24, 2.45) is 0 Å². The number of aryl methyl sites for hydroxylation is 1. The van der Waals surface area contributed by atoms with E-state index < -0.39 is 6.04 Å². The Bertz CT molecular complexity index is 360. The van der Waals surface area contributed by atoms with E-state index in [-0.39, 0.29) is 5.97 Å². The summed E-state index contributed by atoms with van der Waals surface area (Å²) in [6.45, 7) is 6.90. The zero-order chi connectivity index (χ0) is 12.0. The molecule has 88 valence electrons. The molecule has 1 rings (SSSR count). The highest BCUT2D eigenvalue weighted by Crippen LogP contribution is 2.13. The van der Waals surface area contributed by atoms with Crippen LogP contribution in [0.5, 0.6) is 0 Å². The van der Waals surface area contributed by atoms with Gasteiger partial charge in [-0.15, -0.1) is 6.58 Å². The number of carbonyl (C=O) groups excluding carboxylic acids is 1. The predicted molar refractivity (Wildman–Crippen MR) is 60.9 cm³/mol. The lowest BCUT2D eigenvalue weighted by Crippen LogP contribution is -2.29. The molecule has 0 amide bonds. The normalized spacial score (nSPS) is 12.1. The number of hydrogen-bond donors (Lipinski definition) is 1. The first-order valence-corrected chi connectivity index (χ1v) is 5.17. The molecule has 5 heteroatoms. The van der Waals surface area contributed by atoms with Crippen LogP contribution >= 0.6 is 0 Å². The largest absolute Gasteiger partial charge is 0.468 e. The van der Waals surface area contributed by atoms with Crippen molar-refractivity contribution in [3.8, 4) is 0 Å². The predicted octanol–water partition coefficient (Wildman–Crippen LogP) is 0.893. The number of aromatic nitrogens is 2. The Morgan fingerprint density at radius 1 is 1.81 bits per heavy atom. The minimum Gasteiger partial charge on any atom is -0.468 e. The van der Waals surface area contributed by atoms with Crippen LogP contribution in [0.25, 0.3) is 0 Å². The first kappa shape index (κ1) is 12.4. The van der Waals surface area contributed by atoms with E-state index in [0.717, 1.165) is 12.1 Å². The molecule has 0 radical (unpaired) electrons. The molecule has 1 heterocycles. The molecule has 0 spiro atoms. The molecule has 0 aliphatic rings. The van der Waals surface area contributed by atoms with E-state index in [9.17, 15) is 4.79 Å². The third kappa shape index (κ3) is 2.93. The van der Waals surface area contributed by atoms with Crippen LogP contribution in [-0.4, -0.2) is 29.4 Å². The Labute approximate surface area is 95.1 Å². The molecule has 0 bridgehead atoms. The molecule has 1 unspecified atom stereocenters. The second kappa shape index (κ2) is 6.07. The highest BCUT2D eigenvalue weighted by molar-refractivity contribution is 5.77. The molecule has 1 atom stereocenters. The van der Waals surface area contributed by atoms with E-state index in [0.29, 0.717) is 6.54 Å². The summed E-state index contributed by atoms with van der Waals surface area (Å²) in [7, 11) is 1.37. The van der Waals surface area contributed by atoms with Gasteiger partial charge in [0.15, 0.2) is 0 Å². The van der Waals surface area contributed by atoms with E-state index in [1.807, 2.05) is 13.1 Å². The molecule has 1 aromatic rings. The quantitative estimate of drug-likeness (QED) is 0.575. The molecule has 0 aliphatic heterocycles. The summed E-state index contributed by atoms with van der Waals surface area (Å²) in [5, 5.41) is 7.15. The van der Waals surface area contributed by atoms with Crippen LogP contribution < -0.4 is 5.32 Å². The molecule has 1 N–H and O–H groups in total. The summed E-state index contributed by atoms with van der Waals surface area (Å²) in [5.41, 5.74) is 0.801. The number of nitrogens with one attached hydrogen (secondary N) is 1. The number of methoxy groups -OCH3 is 1. The number of carbonyl (C=O) groups is 1. The lowest BCUT2D eigenvalue weighted by atomic mass is 10.1. The van der Waals surface area contributed by atoms with Crippen LogP contribution in [-0.2, 0) is 16.1 Å². The van der Waals surface area contributed by atoms with Crippen molar-refractivity contribution in [2.45, 2.75) is 19.5 Å². The average Bonchev–Trinajstić information content (AvgIpc) is 2.77. The molecular weight excluding hydrogens is 206 g/mol. The maximum atomic E-state index is 11.6. The van der Waals surface area contributed by atoms with E-state index in [1.54, 1.807) is 17.0 Å². The zero-order valence-electron chi connectivity index (χ0n) is 9.64. The second-order valence-corrected chi connectivity index (χ2v) is 3.28. The van der Waals surface area contributed by atoms with Gasteiger partial charge in [0.1, 0.15) is 6.04 Å². The highest BCUT2D eigenvalue weighted by Gasteiger charge is 2.21. The minimum atomic E-state index is -0.483. The van der Waals surface area contributed by atoms with Crippen LogP contribution in [0.2, 0.25) is 0 Å². The standard InChI is InChI=1S/C11H17N3O2/c1-4-6-12-10(11(15)16-3)9-7-13-14(5-2)8-9/h4,7-8,10,12H,1,5-6H2,2-3H3. The summed E-state index contributed by atoms with van der Waals surface area (Å²) in [4.78, 5) is 11.6. The second-order valence-electron chi connectivity index (χ2n) is 3.28. The Balaban J connectivity index is 2.82. The Morgan fingerprint density at radius 3 is 3.06 bits per heavy atom. The Morgan fingerprint density at radius 2 is 2.56 bits per heavy atom. The summed E-state index contributed by atoms with van der Waals surface area (Å²) in [5.74, 6) is -0.322. The van der Waals surface area contributed by atoms with Gasteiger partial charge in [0.05, 0.1) is 13.3 Å². The number of rotatable bonds is 6. The number of ether oxygens (including phenoxy) is 1. The maximum Gasteiger partial charge on any atom is 0.327 e. The lowest BCUT2D eigenvalue weighted by molar-refractivity contribution is -0.143. The van der Waals surface area contributed by atoms with E-state index in [1.165, 1.54) is 7.11 Å².